The molecule has 1 amide bonds. The molecule has 0 aliphatic carbocycles. The van der Waals surface area contributed by atoms with E-state index in [-0.39, 0.29) is 11.3 Å². The summed E-state index contributed by atoms with van der Waals surface area (Å²) in [5, 5.41) is 0.962. The van der Waals surface area contributed by atoms with E-state index in [9.17, 15) is 9.59 Å². The molecular weight excluding hydrogens is 356 g/mol. The lowest BCUT2D eigenvalue weighted by molar-refractivity contribution is 0.0995. The van der Waals surface area contributed by atoms with Crippen LogP contribution in [-0.2, 0) is 0 Å². The number of benzene rings is 1. The fraction of sp³-hybridized carbons (Fsp3) is 0.333. The molecule has 0 unspecified atom stereocenters. The Labute approximate surface area is 162 Å². The van der Waals surface area contributed by atoms with Crippen LogP contribution < -0.4 is 16.0 Å². The number of nitrogens with one attached hydrogen (secondary N) is 2. The predicted molar refractivity (Wildman–Crippen MR) is 109 cm³/mol. The highest BCUT2D eigenvalue weighted by molar-refractivity contribution is 5.91. The highest BCUT2D eigenvalue weighted by Crippen LogP contribution is 2.25. The summed E-state index contributed by atoms with van der Waals surface area (Å²) < 4.78 is 5.92. The molecule has 146 valence electrons. The maximum atomic E-state index is 12.3. The lowest BCUT2D eigenvalue weighted by Crippen LogP contribution is -2.33. The van der Waals surface area contributed by atoms with Gasteiger partial charge in [0.15, 0.2) is 0 Å². The Bertz CT molecular complexity index is 1050. The average Bonchev–Trinajstić information content (AvgIpc) is 3.11. The van der Waals surface area contributed by atoms with E-state index in [1.807, 2.05) is 24.3 Å². The summed E-state index contributed by atoms with van der Waals surface area (Å²) in [7, 11) is 0. The van der Waals surface area contributed by atoms with Crippen LogP contribution in [0.2, 0.25) is 0 Å². The number of aromatic nitrogens is 2. The lowest BCUT2D eigenvalue weighted by atomic mass is 10.1. The Morgan fingerprint density at radius 2 is 1.89 bits per heavy atom. The van der Waals surface area contributed by atoms with Crippen LogP contribution in [0.15, 0.2) is 41.2 Å². The van der Waals surface area contributed by atoms with Crippen LogP contribution in [0, 0.1) is 0 Å². The first-order valence-corrected chi connectivity index (χ1v) is 9.61. The van der Waals surface area contributed by atoms with Crippen LogP contribution in [0.4, 0.5) is 0 Å². The zero-order valence-electron chi connectivity index (χ0n) is 15.7. The standard InChI is InChI=1S/C21H24N4O3/c22-20(26)18-7-5-16(21(27)24-18)19-13-14-12-15(4-6-17(14)23-19)28-11-10-25-8-2-1-3-9-25/h4-7,12-13,23H,1-3,8-11H2,(H2,22,26)(H,24,27). The number of hydrogen-bond acceptors (Lipinski definition) is 4. The van der Waals surface area contributed by atoms with Gasteiger partial charge in [-0.25, -0.2) is 0 Å². The Kier molecular flexibility index (Phi) is 5.16. The van der Waals surface area contributed by atoms with Gasteiger partial charge in [-0.15, -0.1) is 0 Å². The minimum Gasteiger partial charge on any atom is -0.492 e. The van der Waals surface area contributed by atoms with E-state index in [4.69, 9.17) is 10.5 Å². The monoisotopic (exact) mass is 380 g/mol. The molecule has 4 N–H and O–H groups in total. The fourth-order valence-electron chi connectivity index (χ4n) is 3.65. The molecule has 0 radical (unpaired) electrons. The number of hydrogen-bond donors (Lipinski definition) is 3. The van der Waals surface area contributed by atoms with Crippen LogP contribution in [0.25, 0.3) is 22.2 Å². The lowest BCUT2D eigenvalue weighted by Gasteiger charge is -2.26. The summed E-state index contributed by atoms with van der Waals surface area (Å²) in [6.45, 7) is 3.92. The smallest absolute Gasteiger partial charge is 0.265 e. The van der Waals surface area contributed by atoms with Gasteiger partial charge in [0.05, 0.1) is 11.3 Å². The number of rotatable bonds is 6. The van der Waals surface area contributed by atoms with Crippen LogP contribution in [0.3, 0.4) is 0 Å². The number of amides is 1. The largest absolute Gasteiger partial charge is 0.492 e. The normalized spacial score (nSPS) is 15.0. The molecule has 1 aliphatic heterocycles. The molecule has 3 aromatic rings. The summed E-state index contributed by atoms with van der Waals surface area (Å²) in [6.07, 6.45) is 3.88. The summed E-state index contributed by atoms with van der Waals surface area (Å²) in [4.78, 5) is 31.7. The van der Waals surface area contributed by atoms with Crippen molar-refractivity contribution in [1.82, 2.24) is 14.9 Å². The first-order valence-electron chi connectivity index (χ1n) is 9.61. The van der Waals surface area contributed by atoms with Crippen molar-refractivity contribution in [1.29, 1.82) is 0 Å². The molecular formula is C21H24N4O3. The second-order valence-corrected chi connectivity index (χ2v) is 7.16. The van der Waals surface area contributed by atoms with Gasteiger partial charge in [0.1, 0.15) is 18.1 Å². The van der Waals surface area contributed by atoms with Gasteiger partial charge in [0, 0.05) is 17.4 Å². The summed E-state index contributed by atoms with van der Waals surface area (Å²) >= 11 is 0. The van der Waals surface area contributed by atoms with Crippen molar-refractivity contribution in [2.45, 2.75) is 19.3 Å². The number of primary amides is 1. The van der Waals surface area contributed by atoms with Crippen molar-refractivity contribution in [2.75, 3.05) is 26.2 Å². The number of pyridine rings is 1. The zero-order valence-corrected chi connectivity index (χ0v) is 15.7. The second kappa shape index (κ2) is 7.90. The van der Waals surface area contributed by atoms with E-state index in [1.54, 1.807) is 6.07 Å². The van der Waals surface area contributed by atoms with Gasteiger partial charge in [-0.3, -0.25) is 14.5 Å². The Morgan fingerprint density at radius 3 is 2.64 bits per heavy atom. The molecule has 0 atom stereocenters. The van der Waals surface area contributed by atoms with Crippen LogP contribution in [0.5, 0.6) is 5.75 Å². The maximum absolute atomic E-state index is 12.3. The SMILES string of the molecule is NC(=O)c1ccc(-c2cc3cc(OCCN4CCCCC4)ccc3[nH]2)c(=O)[nH]1. The van der Waals surface area contributed by atoms with Gasteiger partial charge in [0.2, 0.25) is 0 Å². The molecule has 28 heavy (non-hydrogen) atoms. The maximum Gasteiger partial charge on any atom is 0.265 e. The predicted octanol–water partition coefficient (Wildman–Crippen LogP) is 2.49. The van der Waals surface area contributed by atoms with Crippen molar-refractivity contribution in [2.24, 2.45) is 5.73 Å². The molecule has 1 saturated heterocycles. The van der Waals surface area contributed by atoms with E-state index in [2.05, 4.69) is 14.9 Å². The van der Waals surface area contributed by atoms with Gasteiger partial charge < -0.3 is 20.4 Å². The summed E-state index contributed by atoms with van der Waals surface area (Å²) in [5.41, 5.74) is 6.98. The molecule has 2 aromatic heterocycles. The molecule has 1 aromatic carbocycles. The fourth-order valence-corrected chi connectivity index (χ4v) is 3.65. The molecule has 1 aliphatic rings. The minimum atomic E-state index is -0.661. The number of carbonyl (C=O) groups excluding carboxylic acids is 1. The molecule has 4 rings (SSSR count). The van der Waals surface area contributed by atoms with Gasteiger partial charge >= 0.3 is 0 Å². The summed E-state index contributed by atoms with van der Waals surface area (Å²) in [5.74, 6) is 0.152. The molecule has 0 bridgehead atoms. The summed E-state index contributed by atoms with van der Waals surface area (Å²) in [6, 6.07) is 10.9. The molecule has 7 heteroatoms. The van der Waals surface area contributed by atoms with Gasteiger partial charge in [-0.05, 0) is 62.3 Å². The number of nitrogens with zero attached hydrogens (tertiary/aromatic N) is 1. The van der Waals surface area contributed by atoms with Crippen molar-refractivity contribution in [3.8, 4) is 17.0 Å². The molecule has 0 spiro atoms. The number of ether oxygens (including phenoxy) is 1. The third-order valence-corrected chi connectivity index (χ3v) is 5.18. The number of H-pyrrole nitrogens is 2. The quantitative estimate of drug-likeness (QED) is 0.611. The number of fused-ring (bicyclic) bond motifs is 1. The Morgan fingerprint density at radius 1 is 1.07 bits per heavy atom. The molecule has 1 fully saturated rings. The third-order valence-electron chi connectivity index (χ3n) is 5.18. The van der Waals surface area contributed by atoms with Crippen molar-refractivity contribution in [3.63, 3.8) is 0 Å². The number of piperidine rings is 1. The minimum absolute atomic E-state index is 0.0919. The number of carbonyl (C=O) groups is 1. The van der Waals surface area contributed by atoms with E-state index in [0.29, 0.717) is 17.9 Å². The van der Waals surface area contributed by atoms with Crippen LogP contribution in [-0.4, -0.2) is 47.0 Å². The number of likely N-dealkylation sites (tertiary alicyclic amines) is 1. The molecule has 0 saturated carbocycles. The van der Waals surface area contributed by atoms with Crippen molar-refractivity contribution < 1.29 is 9.53 Å². The van der Waals surface area contributed by atoms with E-state index < -0.39 is 5.91 Å². The Hall–Kier alpha value is -3.06. The first-order chi connectivity index (χ1) is 13.6. The molecule has 7 nitrogen and oxygen atoms in total. The highest BCUT2D eigenvalue weighted by atomic mass is 16.5. The van der Waals surface area contributed by atoms with Gasteiger partial charge in [-0.2, -0.15) is 0 Å². The van der Waals surface area contributed by atoms with Crippen LogP contribution in [0.1, 0.15) is 29.8 Å². The van der Waals surface area contributed by atoms with E-state index in [1.165, 1.54) is 25.3 Å². The van der Waals surface area contributed by atoms with E-state index >= 15 is 0 Å². The number of nitrogens with two attached hydrogens (primary N) is 1. The highest BCUT2D eigenvalue weighted by Gasteiger charge is 2.12. The second-order valence-electron chi connectivity index (χ2n) is 7.16. The van der Waals surface area contributed by atoms with Gasteiger partial charge in [0.25, 0.3) is 11.5 Å². The zero-order chi connectivity index (χ0) is 19.5. The average molecular weight is 380 g/mol. The van der Waals surface area contributed by atoms with Crippen molar-refractivity contribution >= 4 is 16.8 Å². The van der Waals surface area contributed by atoms with E-state index in [0.717, 1.165) is 36.3 Å². The van der Waals surface area contributed by atoms with Crippen molar-refractivity contribution in [3.05, 3.63) is 52.4 Å². The van der Waals surface area contributed by atoms with Crippen LogP contribution >= 0.6 is 0 Å². The molecule has 3 heterocycles. The first kappa shape index (κ1) is 18.3. The third kappa shape index (κ3) is 3.94. The topological polar surface area (TPSA) is 104 Å². The Balaban J connectivity index is 1.48. The van der Waals surface area contributed by atoms with Gasteiger partial charge in [-0.1, -0.05) is 6.42 Å². The number of aromatic amines is 2.